The number of ketones is 1. The van der Waals surface area contributed by atoms with E-state index in [-0.39, 0.29) is 72.8 Å². The zero-order valence-corrected chi connectivity index (χ0v) is 40.8. The summed E-state index contributed by atoms with van der Waals surface area (Å²) in [6.45, 7) is 16.2. The van der Waals surface area contributed by atoms with E-state index < -0.39 is 80.6 Å². The van der Waals surface area contributed by atoms with E-state index in [0.29, 0.717) is 38.0 Å². The molecule has 12 aliphatic rings. The van der Waals surface area contributed by atoms with Crippen LogP contribution in [0.5, 0.6) is 0 Å². The Morgan fingerprint density at radius 2 is 1.45 bits per heavy atom. The summed E-state index contributed by atoms with van der Waals surface area (Å²) in [7, 11) is 0. The molecule has 4 aliphatic heterocycles. The fourth-order valence-electron chi connectivity index (χ4n) is 19.3. The smallest absolute Gasteiger partial charge is 0.201 e. The Balaban J connectivity index is 0.772. The van der Waals surface area contributed by atoms with E-state index in [2.05, 4.69) is 32.9 Å². The molecule has 13 rings (SSSR count). The van der Waals surface area contributed by atoms with Crippen molar-refractivity contribution in [2.45, 2.75) is 197 Å². The van der Waals surface area contributed by atoms with Crippen LogP contribution in [0.4, 0.5) is 0 Å². The van der Waals surface area contributed by atoms with Crippen LogP contribution in [-0.2, 0) is 49.4 Å². The Morgan fingerprint density at radius 1 is 0.761 bits per heavy atom. The van der Waals surface area contributed by atoms with Crippen LogP contribution in [-0.4, -0.2) is 118 Å². The first-order valence-corrected chi connectivity index (χ1v) is 26.1. The van der Waals surface area contributed by atoms with Crippen molar-refractivity contribution >= 4 is 5.78 Å². The zero-order valence-electron chi connectivity index (χ0n) is 40.8. The molecule has 5 heterocycles. The summed E-state index contributed by atoms with van der Waals surface area (Å²) in [5.74, 6) is -2.92. The van der Waals surface area contributed by atoms with E-state index in [1.165, 1.54) is 0 Å². The third-order valence-corrected chi connectivity index (χ3v) is 23.1. The molecule has 4 saturated heterocycles. The molecule has 0 bridgehead atoms. The number of aliphatic hydroxyl groups is 6. The van der Waals surface area contributed by atoms with Crippen LogP contribution in [0.25, 0.3) is 0 Å². The Morgan fingerprint density at radius 3 is 2.13 bits per heavy atom. The molecule has 0 unspecified atom stereocenters. The van der Waals surface area contributed by atoms with Gasteiger partial charge in [-0.3, -0.25) is 14.8 Å². The van der Waals surface area contributed by atoms with Gasteiger partial charge in [-0.2, -0.15) is 0 Å². The molecule has 8 fully saturated rings. The number of Topliss-reactive ketones (excluding diaryl/α,β-unsaturated/α-hetero) is 1. The van der Waals surface area contributed by atoms with Gasteiger partial charge < -0.3 is 49.6 Å². The van der Waals surface area contributed by atoms with Crippen LogP contribution in [0.3, 0.4) is 0 Å². The van der Waals surface area contributed by atoms with Crippen molar-refractivity contribution in [1.29, 1.82) is 0 Å². The first-order valence-electron chi connectivity index (χ1n) is 26.1. The van der Waals surface area contributed by atoms with Gasteiger partial charge >= 0.3 is 0 Å². The number of hydrogen-bond donors (Lipinski definition) is 6. The Labute approximate surface area is 394 Å². The number of allylic oxidation sites excluding steroid dienone is 1. The van der Waals surface area contributed by atoms with Gasteiger partial charge in [0.15, 0.2) is 5.79 Å². The SMILES string of the molecule is C[C@@H]1[C@H]2CC=C3[C@@H]4CC[C@H]5Cc6nc7c(nc6C[C@]5(C)[C@@]4(O)CC(=O)[C@@]32CO[C@@]12OC(C)(C)C[C@H]2O)C[C@@H]1CC[C@H]2C3=C[C@@H]4O[C@]5(O[C@](C)(CO)C[C@H]5O)[C@@H](C)[C@]4(O)[C@@]3(C)[C@H](O)C[C@@H]2[C@@]1(C)C7. The van der Waals surface area contributed by atoms with Crippen molar-refractivity contribution in [2.75, 3.05) is 13.2 Å². The normalized spacial score (nSPS) is 57.3. The molecule has 0 radical (unpaired) electrons. The molecular formula is C54H74N2O11. The number of rotatable bonds is 1. The van der Waals surface area contributed by atoms with Crippen molar-refractivity contribution in [3.8, 4) is 0 Å². The molecule has 1 aromatic heterocycles. The predicted molar refractivity (Wildman–Crippen MR) is 242 cm³/mol. The standard InChI is InChI=1S/C54H74N2O11/c1-26-31-13-14-32-33-12-10-29-16-37-39(20-48(29,7)51(33,62)23-41(59)50(31,32)25-64-53(26)42(60)21-45(3,4)66-53)56-36-15-28-9-11-30-34(47(28,6)19-38(36)55-37)17-40(58)49(8)35(30)18-44-52(49,63)27(2)54(65-44)43(61)22-46(5,24-57)67-54/h14,18,26-31,33-34,40,42-44,57-58,60-63H,9-13,15-17,19-25H2,1-8H3/t26-,27+,28+,29+,30-,31-,33+,34+,40-,42-,43-,44+,46+,47+,48+,49-,50-,51-,52-,53-,54+/m1/s1. The number of carbonyl (C=O) groups excluding carboxylic acids is 1. The number of carbonyl (C=O) groups is 1. The van der Waals surface area contributed by atoms with Crippen molar-refractivity contribution in [1.82, 2.24) is 9.97 Å². The van der Waals surface area contributed by atoms with Crippen molar-refractivity contribution in [3.63, 3.8) is 0 Å². The molecule has 4 saturated carbocycles. The van der Waals surface area contributed by atoms with Gasteiger partial charge in [-0.15, -0.1) is 0 Å². The van der Waals surface area contributed by atoms with E-state index in [9.17, 15) is 35.4 Å². The lowest BCUT2D eigenvalue weighted by atomic mass is 9.42. The molecule has 0 amide bonds. The summed E-state index contributed by atoms with van der Waals surface area (Å²) in [5, 5.41) is 71.6. The molecule has 1 aromatic rings. The molecule has 3 spiro atoms. The van der Waals surface area contributed by atoms with E-state index in [1.54, 1.807) is 6.92 Å². The van der Waals surface area contributed by atoms with Crippen LogP contribution in [0, 0.1) is 69.0 Å². The van der Waals surface area contributed by atoms with Crippen molar-refractivity contribution < 1.29 is 54.4 Å². The van der Waals surface area contributed by atoms with Crippen LogP contribution in [0.15, 0.2) is 23.3 Å². The minimum atomic E-state index is -1.52. The average molecular weight is 927 g/mol. The summed E-state index contributed by atoms with van der Waals surface area (Å²) in [4.78, 5) is 26.0. The van der Waals surface area contributed by atoms with Crippen molar-refractivity contribution in [2.24, 2.45) is 69.0 Å². The summed E-state index contributed by atoms with van der Waals surface area (Å²) in [6.07, 6.45) is 9.30. The van der Waals surface area contributed by atoms with Crippen molar-refractivity contribution in [3.05, 3.63) is 46.1 Å². The third-order valence-electron chi connectivity index (χ3n) is 23.1. The maximum absolute atomic E-state index is 15.0. The second-order valence-corrected chi connectivity index (χ2v) is 26.2. The van der Waals surface area contributed by atoms with Crippen LogP contribution in [0.2, 0.25) is 0 Å². The highest BCUT2D eigenvalue weighted by molar-refractivity contribution is 5.92. The van der Waals surface area contributed by atoms with Gasteiger partial charge in [-0.25, -0.2) is 0 Å². The molecule has 6 N–H and O–H groups in total. The van der Waals surface area contributed by atoms with Crippen LogP contribution in [0.1, 0.15) is 136 Å². The minimum Gasteiger partial charge on any atom is -0.393 e. The third kappa shape index (κ3) is 5.00. The van der Waals surface area contributed by atoms with Gasteiger partial charge in [-0.1, -0.05) is 57.9 Å². The fraction of sp³-hybridized carbons (Fsp3) is 0.833. The fourth-order valence-corrected chi connectivity index (χ4v) is 19.3. The topological polar surface area (TPSA) is 201 Å². The van der Waals surface area contributed by atoms with Gasteiger partial charge in [0.25, 0.3) is 0 Å². The van der Waals surface area contributed by atoms with Crippen LogP contribution < -0.4 is 0 Å². The van der Waals surface area contributed by atoms with Crippen LogP contribution >= 0.6 is 0 Å². The van der Waals surface area contributed by atoms with E-state index in [0.717, 1.165) is 72.4 Å². The molecular weight excluding hydrogens is 853 g/mol. The number of ether oxygens (including phenoxy) is 4. The first kappa shape index (κ1) is 44.7. The summed E-state index contributed by atoms with van der Waals surface area (Å²) < 4.78 is 26.2. The molecule has 67 heavy (non-hydrogen) atoms. The lowest BCUT2D eigenvalue weighted by Gasteiger charge is -2.64. The Kier molecular flexibility index (Phi) is 8.86. The highest BCUT2D eigenvalue weighted by Crippen LogP contribution is 2.73. The minimum absolute atomic E-state index is 0.0598. The first-order chi connectivity index (χ1) is 31.4. The second kappa shape index (κ2) is 13.3. The maximum Gasteiger partial charge on any atom is 0.201 e. The van der Waals surface area contributed by atoms with Gasteiger partial charge in [0, 0.05) is 47.8 Å². The molecule has 21 atom stereocenters. The number of hydrogen-bond acceptors (Lipinski definition) is 13. The Bertz CT molecular complexity index is 2440. The monoisotopic (exact) mass is 927 g/mol. The largest absolute Gasteiger partial charge is 0.393 e. The van der Waals surface area contributed by atoms with E-state index in [1.807, 2.05) is 27.7 Å². The quantitative estimate of drug-likeness (QED) is 0.214. The van der Waals surface area contributed by atoms with Gasteiger partial charge in [0.1, 0.15) is 29.7 Å². The number of fused-ring (bicyclic) bond motifs is 13. The summed E-state index contributed by atoms with van der Waals surface area (Å²) in [5.41, 5.74) is -0.652. The van der Waals surface area contributed by atoms with E-state index in [4.69, 9.17) is 28.9 Å². The van der Waals surface area contributed by atoms with Gasteiger partial charge in [-0.05, 0) is 120 Å². The highest BCUT2D eigenvalue weighted by Gasteiger charge is 2.79. The molecule has 0 aromatic carbocycles. The number of aromatic nitrogens is 2. The molecule has 13 nitrogen and oxygen atoms in total. The van der Waals surface area contributed by atoms with Gasteiger partial charge in [0.05, 0.1) is 64.3 Å². The number of nitrogens with zero attached hydrogens (tertiary/aromatic N) is 2. The molecule has 366 valence electrons. The summed E-state index contributed by atoms with van der Waals surface area (Å²) in [6, 6.07) is 0. The van der Waals surface area contributed by atoms with Gasteiger partial charge in [0.2, 0.25) is 5.79 Å². The van der Waals surface area contributed by atoms with E-state index >= 15 is 0 Å². The summed E-state index contributed by atoms with van der Waals surface area (Å²) >= 11 is 0. The Hall–Kier alpha value is -2.17. The second-order valence-electron chi connectivity index (χ2n) is 26.2. The molecule has 8 aliphatic carbocycles. The lowest BCUT2D eigenvalue weighted by molar-refractivity contribution is -0.337. The maximum atomic E-state index is 15.0. The number of aliphatic hydroxyl groups excluding tert-OH is 4. The predicted octanol–water partition coefficient (Wildman–Crippen LogP) is 4.62. The highest BCUT2D eigenvalue weighted by atomic mass is 16.7. The zero-order chi connectivity index (χ0) is 47.2. The average Bonchev–Trinajstić information content (AvgIpc) is 3.98. The molecule has 13 heteroatoms. The lowest BCUT2D eigenvalue weighted by Crippen LogP contribution is -2.70.